The van der Waals surface area contributed by atoms with E-state index in [0.717, 1.165) is 37.5 Å². The molecule has 9 nitrogen and oxygen atoms in total. The summed E-state index contributed by atoms with van der Waals surface area (Å²) in [7, 11) is 0. The van der Waals surface area contributed by atoms with Crippen molar-refractivity contribution >= 4 is 11.8 Å². The summed E-state index contributed by atoms with van der Waals surface area (Å²) < 4.78 is 4.17. The lowest BCUT2D eigenvalue weighted by atomic mass is 9.95. The van der Waals surface area contributed by atoms with Crippen LogP contribution in [0.2, 0.25) is 0 Å². The number of piperidine rings is 1. The van der Waals surface area contributed by atoms with Crippen LogP contribution < -0.4 is 0 Å². The molecule has 0 atom stereocenters. The van der Waals surface area contributed by atoms with Gasteiger partial charge >= 0.3 is 0 Å². The second-order valence-electron chi connectivity index (χ2n) is 7.53. The molecule has 9 heteroatoms. The highest BCUT2D eigenvalue weighted by molar-refractivity contribution is 5.85. The zero-order chi connectivity index (χ0) is 19.5. The molecule has 2 aliphatic heterocycles. The minimum Gasteiger partial charge on any atom is -0.341 e. The van der Waals surface area contributed by atoms with Crippen LogP contribution in [0.15, 0.2) is 18.7 Å². The summed E-state index contributed by atoms with van der Waals surface area (Å²) in [6.45, 7) is 5.93. The van der Waals surface area contributed by atoms with Crippen molar-refractivity contribution in [3.8, 4) is 0 Å². The van der Waals surface area contributed by atoms with Crippen LogP contribution in [0, 0.1) is 0 Å². The van der Waals surface area contributed by atoms with E-state index in [1.54, 1.807) is 17.4 Å². The summed E-state index contributed by atoms with van der Waals surface area (Å²) in [4.78, 5) is 31.9. The second-order valence-corrected chi connectivity index (χ2v) is 7.53. The summed E-state index contributed by atoms with van der Waals surface area (Å²) >= 11 is 0. The second kappa shape index (κ2) is 8.12. The van der Waals surface area contributed by atoms with Crippen molar-refractivity contribution in [2.24, 2.45) is 0 Å². The highest BCUT2D eigenvalue weighted by Gasteiger charge is 2.30. The molecule has 28 heavy (non-hydrogen) atoms. The summed E-state index contributed by atoms with van der Waals surface area (Å²) in [5, 5.41) is 8.88. The molecule has 0 bridgehead atoms. The zero-order valence-electron chi connectivity index (χ0n) is 16.3. The van der Waals surface area contributed by atoms with E-state index in [9.17, 15) is 9.59 Å². The number of carbonyl (C=O) groups excluding carboxylic acids is 2. The molecule has 2 aromatic heterocycles. The van der Waals surface area contributed by atoms with Gasteiger partial charge in [-0.05, 0) is 26.2 Å². The van der Waals surface area contributed by atoms with Gasteiger partial charge in [-0.3, -0.25) is 9.59 Å². The van der Waals surface area contributed by atoms with Gasteiger partial charge in [0.2, 0.25) is 11.8 Å². The van der Waals surface area contributed by atoms with Crippen LogP contribution in [0.4, 0.5) is 0 Å². The molecule has 0 N–H and O–H groups in total. The van der Waals surface area contributed by atoms with Gasteiger partial charge in [-0.2, -0.15) is 0 Å². The van der Waals surface area contributed by atoms with E-state index in [1.165, 1.54) is 0 Å². The van der Waals surface area contributed by atoms with Crippen molar-refractivity contribution in [2.45, 2.75) is 51.6 Å². The average molecular weight is 385 g/mol. The fourth-order valence-corrected chi connectivity index (χ4v) is 4.18. The van der Waals surface area contributed by atoms with Crippen LogP contribution in [0.3, 0.4) is 0 Å². The van der Waals surface area contributed by atoms with Crippen molar-refractivity contribution in [1.29, 1.82) is 0 Å². The number of amides is 2. The van der Waals surface area contributed by atoms with E-state index in [-0.39, 0.29) is 18.4 Å². The lowest BCUT2D eigenvalue weighted by Crippen LogP contribution is -2.44. The number of aromatic nitrogens is 5. The van der Waals surface area contributed by atoms with Crippen LogP contribution in [0.5, 0.6) is 0 Å². The highest BCUT2D eigenvalue weighted by atomic mass is 16.2. The van der Waals surface area contributed by atoms with Crippen molar-refractivity contribution < 1.29 is 9.59 Å². The molecule has 4 heterocycles. The van der Waals surface area contributed by atoms with Gasteiger partial charge in [0.15, 0.2) is 5.82 Å². The first-order valence-electron chi connectivity index (χ1n) is 10.1. The van der Waals surface area contributed by atoms with E-state index in [1.807, 2.05) is 15.7 Å². The number of likely N-dealkylation sites (tertiary alicyclic amines) is 2. The van der Waals surface area contributed by atoms with E-state index in [2.05, 4.69) is 26.7 Å². The molecular formula is C19H27N7O2. The Morgan fingerprint density at radius 3 is 2.68 bits per heavy atom. The third-order valence-corrected chi connectivity index (χ3v) is 5.77. The SMILES string of the molecule is CCn1c(Cn2ccnc2)nnc1C1CCN(C(=O)CN2CCCC2=O)CC1. The Balaban J connectivity index is 1.36. The van der Waals surface area contributed by atoms with Crippen molar-refractivity contribution in [3.05, 3.63) is 30.4 Å². The van der Waals surface area contributed by atoms with E-state index < -0.39 is 0 Å². The summed E-state index contributed by atoms with van der Waals surface area (Å²) in [6.07, 6.45) is 8.65. The van der Waals surface area contributed by atoms with Crippen LogP contribution in [0.1, 0.15) is 50.2 Å². The molecule has 0 aliphatic carbocycles. The largest absolute Gasteiger partial charge is 0.341 e. The molecule has 0 unspecified atom stereocenters. The van der Waals surface area contributed by atoms with Gasteiger partial charge in [-0.1, -0.05) is 0 Å². The quantitative estimate of drug-likeness (QED) is 0.736. The van der Waals surface area contributed by atoms with Gasteiger partial charge in [0, 0.05) is 50.9 Å². The number of rotatable bonds is 6. The molecular weight excluding hydrogens is 358 g/mol. The summed E-state index contributed by atoms with van der Waals surface area (Å²) in [5.74, 6) is 2.42. The predicted molar refractivity (Wildman–Crippen MR) is 101 cm³/mol. The summed E-state index contributed by atoms with van der Waals surface area (Å²) in [6, 6.07) is 0. The highest BCUT2D eigenvalue weighted by Crippen LogP contribution is 2.27. The maximum atomic E-state index is 12.5. The normalized spacial score (nSPS) is 18.2. The van der Waals surface area contributed by atoms with Crippen molar-refractivity contribution in [1.82, 2.24) is 34.1 Å². The first kappa shape index (κ1) is 18.6. The van der Waals surface area contributed by atoms with Gasteiger partial charge in [0.1, 0.15) is 5.82 Å². The summed E-state index contributed by atoms with van der Waals surface area (Å²) in [5.41, 5.74) is 0. The third-order valence-electron chi connectivity index (χ3n) is 5.77. The molecule has 0 aromatic carbocycles. The number of carbonyl (C=O) groups is 2. The van der Waals surface area contributed by atoms with E-state index in [4.69, 9.17) is 0 Å². The average Bonchev–Trinajstić information content (AvgIpc) is 3.45. The molecule has 2 aliphatic rings. The van der Waals surface area contributed by atoms with E-state index >= 15 is 0 Å². The topological polar surface area (TPSA) is 89.2 Å². The molecule has 0 radical (unpaired) electrons. The Morgan fingerprint density at radius 1 is 1.21 bits per heavy atom. The maximum Gasteiger partial charge on any atom is 0.242 e. The number of hydrogen-bond acceptors (Lipinski definition) is 5. The Hall–Kier alpha value is -2.71. The molecule has 2 amide bonds. The van der Waals surface area contributed by atoms with Crippen LogP contribution >= 0.6 is 0 Å². The molecule has 0 saturated carbocycles. The fourth-order valence-electron chi connectivity index (χ4n) is 4.18. The van der Waals surface area contributed by atoms with Crippen LogP contribution in [-0.2, 0) is 22.7 Å². The van der Waals surface area contributed by atoms with Gasteiger partial charge in [-0.25, -0.2) is 4.98 Å². The van der Waals surface area contributed by atoms with Gasteiger partial charge in [-0.15, -0.1) is 10.2 Å². The van der Waals surface area contributed by atoms with Crippen LogP contribution in [-0.4, -0.2) is 72.1 Å². The van der Waals surface area contributed by atoms with E-state index in [0.29, 0.717) is 38.5 Å². The minimum absolute atomic E-state index is 0.0615. The number of nitrogens with zero attached hydrogens (tertiary/aromatic N) is 7. The van der Waals surface area contributed by atoms with Gasteiger partial charge in [0.05, 0.1) is 19.4 Å². The molecule has 2 fully saturated rings. The fraction of sp³-hybridized carbons (Fsp3) is 0.632. The first-order valence-corrected chi connectivity index (χ1v) is 10.1. The monoisotopic (exact) mass is 385 g/mol. The molecule has 4 rings (SSSR count). The first-order chi connectivity index (χ1) is 13.7. The molecule has 0 spiro atoms. The third kappa shape index (κ3) is 3.79. The molecule has 2 saturated heterocycles. The standard InChI is InChI=1S/C19H27N7O2/c1-2-26-16(12-23-11-7-20-14-23)21-22-19(26)15-5-9-24(10-6-15)18(28)13-25-8-3-4-17(25)27/h7,11,14-15H,2-6,8-10,12-13H2,1H3. The van der Waals surface area contributed by atoms with Crippen molar-refractivity contribution in [2.75, 3.05) is 26.2 Å². The lowest BCUT2D eigenvalue weighted by Gasteiger charge is -2.32. The van der Waals surface area contributed by atoms with Crippen LogP contribution in [0.25, 0.3) is 0 Å². The Labute approximate surface area is 164 Å². The van der Waals surface area contributed by atoms with Gasteiger partial charge < -0.3 is 18.9 Å². The smallest absolute Gasteiger partial charge is 0.242 e. The number of hydrogen-bond donors (Lipinski definition) is 0. The van der Waals surface area contributed by atoms with Gasteiger partial charge in [0.25, 0.3) is 0 Å². The zero-order valence-corrected chi connectivity index (χ0v) is 16.3. The minimum atomic E-state index is 0.0615. The Morgan fingerprint density at radius 2 is 2.04 bits per heavy atom. The Bertz CT molecular complexity index is 821. The molecule has 150 valence electrons. The lowest BCUT2D eigenvalue weighted by molar-refractivity contribution is -0.139. The van der Waals surface area contributed by atoms with Crippen molar-refractivity contribution in [3.63, 3.8) is 0 Å². The maximum absolute atomic E-state index is 12.5. The Kier molecular flexibility index (Phi) is 5.40. The number of imidazole rings is 1. The molecule has 2 aromatic rings. The predicted octanol–water partition coefficient (Wildman–Crippen LogP) is 0.871.